The third-order valence-corrected chi connectivity index (χ3v) is 8.21. The Morgan fingerprint density at radius 3 is 2.41 bits per heavy atom. The molecule has 2 aliphatic heterocycles. The zero-order valence-electron chi connectivity index (χ0n) is 26.8. The molecule has 2 aromatic carbocycles. The Hall–Kier alpha value is -3.86. The second-order valence-electron chi connectivity index (χ2n) is 12.2. The van der Waals surface area contributed by atoms with Gasteiger partial charge in [-0.15, -0.1) is 0 Å². The fourth-order valence-electron chi connectivity index (χ4n) is 5.73. The summed E-state index contributed by atoms with van der Waals surface area (Å²) in [7, 11) is 5.86. The normalized spacial score (nSPS) is 16.3. The molecule has 1 atom stereocenters. The third-order valence-electron chi connectivity index (χ3n) is 8.21. The fraction of sp³-hybridized carbons (Fsp3) is 0.545. The maximum atomic E-state index is 15.3. The van der Waals surface area contributed by atoms with Gasteiger partial charge >= 0.3 is 5.97 Å². The molecule has 0 saturated carbocycles. The van der Waals surface area contributed by atoms with Gasteiger partial charge < -0.3 is 33.5 Å². The molecule has 1 unspecified atom stereocenters. The van der Waals surface area contributed by atoms with Crippen molar-refractivity contribution in [3.05, 3.63) is 46.3 Å². The first kappa shape index (κ1) is 33.0. The average molecular weight is 614 g/mol. The fourth-order valence-corrected chi connectivity index (χ4v) is 5.73. The van der Waals surface area contributed by atoms with Gasteiger partial charge in [0.15, 0.2) is 23.1 Å². The van der Waals surface area contributed by atoms with Crippen molar-refractivity contribution in [1.29, 1.82) is 5.41 Å². The van der Waals surface area contributed by atoms with E-state index in [1.807, 2.05) is 12.1 Å². The topological polar surface area (TPSA) is 111 Å². The van der Waals surface area contributed by atoms with E-state index in [-0.39, 0.29) is 59.3 Å². The maximum absolute atomic E-state index is 15.3. The summed E-state index contributed by atoms with van der Waals surface area (Å²) in [5.74, 6) is -0.296. The van der Waals surface area contributed by atoms with Crippen molar-refractivity contribution in [2.24, 2.45) is 0 Å². The average Bonchev–Trinajstić information content (AvgIpc) is 3.60. The van der Waals surface area contributed by atoms with E-state index in [0.717, 1.165) is 24.2 Å². The summed E-state index contributed by atoms with van der Waals surface area (Å²) in [4.78, 5) is 29.2. The van der Waals surface area contributed by atoms with E-state index in [4.69, 9.17) is 29.1 Å². The Kier molecular flexibility index (Phi) is 10.4. The van der Waals surface area contributed by atoms with Gasteiger partial charge in [-0.2, -0.15) is 0 Å². The van der Waals surface area contributed by atoms with Crippen molar-refractivity contribution in [3.63, 3.8) is 0 Å². The molecule has 0 spiro atoms. The highest BCUT2D eigenvalue weighted by Crippen LogP contribution is 2.42. The standard InChI is InChI=1S/C33H44FN3O7/c1-33(2,3)23-14-20(25(38)19-37-17-21-16-26(41-5)31(43-7)29(34)28(21)32(37)35)15-24(36-12-11-22(18-36)40-4)30(23)44-13-9-8-10-27(39)42-6/h14-16,22,35H,8-13,17-19H2,1-7H3. The summed E-state index contributed by atoms with van der Waals surface area (Å²) in [6.45, 7) is 8.12. The van der Waals surface area contributed by atoms with Gasteiger partial charge in [-0.25, -0.2) is 4.39 Å². The Labute approximate surface area is 258 Å². The number of amidine groups is 1. The van der Waals surface area contributed by atoms with Gasteiger partial charge in [-0.1, -0.05) is 20.8 Å². The molecule has 44 heavy (non-hydrogen) atoms. The maximum Gasteiger partial charge on any atom is 0.305 e. The number of ketones is 1. The number of rotatable bonds is 13. The lowest BCUT2D eigenvalue weighted by atomic mass is 9.84. The van der Waals surface area contributed by atoms with Crippen LogP contribution in [-0.4, -0.2) is 83.3 Å². The van der Waals surface area contributed by atoms with Gasteiger partial charge in [0.05, 0.1) is 51.8 Å². The molecular weight excluding hydrogens is 569 g/mol. The molecule has 10 nitrogen and oxygen atoms in total. The molecule has 240 valence electrons. The highest BCUT2D eigenvalue weighted by atomic mass is 19.1. The predicted molar refractivity (Wildman–Crippen MR) is 165 cm³/mol. The molecular formula is C33H44FN3O7. The number of benzene rings is 2. The van der Waals surface area contributed by atoms with Crippen LogP contribution >= 0.6 is 0 Å². The summed E-state index contributed by atoms with van der Waals surface area (Å²) < 4.78 is 42.6. The van der Waals surface area contributed by atoms with E-state index < -0.39 is 5.82 Å². The van der Waals surface area contributed by atoms with Crippen LogP contribution < -0.4 is 19.1 Å². The molecule has 2 aliphatic rings. The van der Waals surface area contributed by atoms with E-state index in [0.29, 0.717) is 49.3 Å². The molecule has 0 aliphatic carbocycles. The van der Waals surface area contributed by atoms with E-state index in [1.54, 1.807) is 18.1 Å². The van der Waals surface area contributed by atoms with Crippen molar-refractivity contribution in [2.75, 3.05) is 59.6 Å². The van der Waals surface area contributed by atoms with Crippen molar-refractivity contribution in [3.8, 4) is 17.2 Å². The van der Waals surface area contributed by atoms with Crippen LogP contribution in [0.1, 0.15) is 73.5 Å². The van der Waals surface area contributed by atoms with Crippen molar-refractivity contribution < 1.29 is 37.7 Å². The first-order valence-electron chi connectivity index (χ1n) is 14.9. The summed E-state index contributed by atoms with van der Waals surface area (Å²) in [6, 6.07) is 5.39. The lowest BCUT2D eigenvalue weighted by molar-refractivity contribution is -0.140. The van der Waals surface area contributed by atoms with E-state index in [1.165, 1.54) is 21.3 Å². The van der Waals surface area contributed by atoms with Crippen molar-refractivity contribution in [2.45, 2.75) is 64.5 Å². The number of methoxy groups -OCH3 is 4. The van der Waals surface area contributed by atoms with E-state index >= 15 is 4.39 Å². The van der Waals surface area contributed by atoms with E-state index in [9.17, 15) is 9.59 Å². The number of carbonyl (C=O) groups excluding carboxylic acids is 2. The Bertz CT molecular complexity index is 1400. The molecule has 1 saturated heterocycles. The van der Waals surface area contributed by atoms with Gasteiger partial charge in [0, 0.05) is 44.3 Å². The number of carbonyl (C=O) groups is 2. The zero-order valence-corrected chi connectivity index (χ0v) is 26.8. The molecule has 0 aromatic heterocycles. The first-order valence-corrected chi connectivity index (χ1v) is 14.9. The summed E-state index contributed by atoms with van der Waals surface area (Å²) in [6.07, 6.45) is 2.55. The smallest absolute Gasteiger partial charge is 0.305 e. The number of hydrogen-bond acceptors (Lipinski definition) is 9. The molecule has 0 radical (unpaired) electrons. The number of unbranched alkanes of at least 4 members (excludes halogenated alkanes) is 1. The molecule has 4 rings (SSSR count). The van der Waals surface area contributed by atoms with Crippen LogP contribution in [0.2, 0.25) is 0 Å². The SMILES string of the molecule is COC(=O)CCCCOc1c(N2CCC(OC)C2)cc(C(=O)CN2Cc3cc(OC)c(OC)c(F)c3C2=N)cc1C(C)(C)C. The minimum atomic E-state index is -0.672. The number of hydrogen-bond donors (Lipinski definition) is 1. The first-order chi connectivity index (χ1) is 20.9. The van der Waals surface area contributed by atoms with Crippen LogP contribution in [0.15, 0.2) is 18.2 Å². The number of Topliss-reactive ketones (excluding diaryl/α,β-unsaturated/α-hetero) is 1. The molecule has 0 bridgehead atoms. The minimum absolute atomic E-state index is 0.0628. The Balaban J connectivity index is 1.64. The number of esters is 1. The van der Waals surface area contributed by atoms with Crippen LogP contribution in [0.5, 0.6) is 17.2 Å². The quantitative estimate of drug-likeness (QED) is 0.187. The summed E-state index contributed by atoms with van der Waals surface area (Å²) in [5.41, 5.74) is 2.50. The second-order valence-corrected chi connectivity index (χ2v) is 12.2. The third kappa shape index (κ3) is 6.93. The van der Waals surface area contributed by atoms with E-state index in [2.05, 4.69) is 25.7 Å². The summed E-state index contributed by atoms with van der Waals surface area (Å²) in [5, 5.41) is 8.70. The monoisotopic (exact) mass is 613 g/mol. The van der Waals surface area contributed by atoms with Gasteiger partial charge in [0.25, 0.3) is 0 Å². The van der Waals surface area contributed by atoms with Crippen molar-refractivity contribution >= 4 is 23.3 Å². The lowest BCUT2D eigenvalue weighted by Gasteiger charge is -2.30. The second kappa shape index (κ2) is 13.8. The molecule has 2 aromatic rings. The number of ether oxygens (including phenoxy) is 5. The largest absolute Gasteiger partial charge is 0.493 e. The Morgan fingerprint density at radius 2 is 1.80 bits per heavy atom. The molecule has 1 N–H and O–H groups in total. The van der Waals surface area contributed by atoms with Crippen LogP contribution in [0.3, 0.4) is 0 Å². The number of halogens is 1. The minimum Gasteiger partial charge on any atom is -0.493 e. The molecule has 0 amide bonds. The van der Waals surface area contributed by atoms with Crippen LogP contribution in [0.25, 0.3) is 0 Å². The number of nitrogens with one attached hydrogen (secondary N) is 1. The van der Waals surface area contributed by atoms with Gasteiger partial charge in [-0.05, 0) is 48.4 Å². The van der Waals surface area contributed by atoms with Crippen molar-refractivity contribution in [1.82, 2.24) is 4.90 Å². The Morgan fingerprint density at radius 1 is 1.05 bits per heavy atom. The van der Waals surface area contributed by atoms with Crippen LogP contribution in [0.4, 0.5) is 10.1 Å². The van der Waals surface area contributed by atoms with Gasteiger partial charge in [-0.3, -0.25) is 15.0 Å². The summed E-state index contributed by atoms with van der Waals surface area (Å²) >= 11 is 0. The van der Waals surface area contributed by atoms with Crippen LogP contribution in [-0.2, 0) is 26.2 Å². The molecule has 2 heterocycles. The van der Waals surface area contributed by atoms with Gasteiger partial charge in [0.2, 0.25) is 0 Å². The molecule has 1 fully saturated rings. The highest BCUT2D eigenvalue weighted by Gasteiger charge is 2.34. The number of nitrogens with zero attached hydrogens (tertiary/aromatic N) is 2. The number of fused-ring (bicyclic) bond motifs is 1. The highest BCUT2D eigenvalue weighted by molar-refractivity contribution is 6.06. The zero-order chi connectivity index (χ0) is 32.2. The lowest BCUT2D eigenvalue weighted by Crippen LogP contribution is -2.31. The molecule has 11 heteroatoms. The number of anilines is 1. The van der Waals surface area contributed by atoms with Crippen LogP contribution in [0, 0.1) is 11.2 Å². The predicted octanol–water partition coefficient (Wildman–Crippen LogP) is 5.11. The van der Waals surface area contributed by atoms with Gasteiger partial charge in [0.1, 0.15) is 11.6 Å².